The minimum absolute atomic E-state index is 0.0667. The molecule has 0 spiro atoms. The number of anilines is 1. The first kappa shape index (κ1) is 24.5. The number of hydrogen-bond donors (Lipinski definition) is 6. The van der Waals surface area contributed by atoms with Crippen molar-refractivity contribution in [1.82, 2.24) is 9.55 Å². The van der Waals surface area contributed by atoms with Gasteiger partial charge in [-0.3, -0.25) is 18.4 Å². The van der Waals surface area contributed by atoms with Crippen molar-refractivity contribution in [3.63, 3.8) is 0 Å². The molecular weight excluding hydrogens is 481 g/mol. The van der Waals surface area contributed by atoms with Crippen molar-refractivity contribution in [3.05, 3.63) is 34.4 Å². The highest BCUT2D eigenvalue weighted by Gasteiger charge is 2.75. The molecule has 0 radical (unpaired) electrons. The number of aliphatic carboxylic acids is 2. The SMILES string of the molecule is Nc1ccn([C@@H]2O[C@H](COP(=O)(O)OC[C@@H]3[C@@H]4CC=C(C(=O)O)[C@]34C(=O)O)[C@@H](O)[C@H]2O)c(=O)n1. The van der Waals surface area contributed by atoms with Gasteiger partial charge in [-0.2, -0.15) is 4.98 Å². The minimum atomic E-state index is -4.79. The van der Waals surface area contributed by atoms with Gasteiger partial charge in [0.1, 0.15) is 29.5 Å². The van der Waals surface area contributed by atoms with E-state index in [1.165, 1.54) is 18.3 Å². The molecule has 0 amide bonds. The van der Waals surface area contributed by atoms with Gasteiger partial charge in [-0.05, 0) is 18.4 Å². The van der Waals surface area contributed by atoms with Gasteiger partial charge in [-0.25, -0.2) is 14.2 Å². The highest BCUT2D eigenvalue weighted by atomic mass is 31.2. The zero-order chi connectivity index (χ0) is 25.0. The van der Waals surface area contributed by atoms with Crippen molar-refractivity contribution in [3.8, 4) is 0 Å². The maximum Gasteiger partial charge on any atom is 0.472 e. The van der Waals surface area contributed by atoms with Crippen LogP contribution in [0.5, 0.6) is 0 Å². The highest BCUT2D eigenvalue weighted by Crippen LogP contribution is 2.69. The molecule has 1 saturated heterocycles. The second-order valence-electron chi connectivity index (χ2n) is 8.19. The zero-order valence-electron chi connectivity index (χ0n) is 17.3. The van der Waals surface area contributed by atoms with Crippen LogP contribution in [0, 0.1) is 17.3 Å². The van der Waals surface area contributed by atoms with Gasteiger partial charge in [0.15, 0.2) is 6.23 Å². The average Bonchev–Trinajstić information content (AvgIpc) is 3.05. The molecule has 1 aromatic heterocycles. The second kappa shape index (κ2) is 8.53. The predicted molar refractivity (Wildman–Crippen MR) is 108 cm³/mol. The standard InChI is InChI=1S/C18H22N3O12P/c19-11-3-4-21(17(28)20-11)14-13(23)12(22)10(33-14)6-32-34(29,30)31-5-9-7-1-2-8(15(24)25)18(7,9)16(26)27/h2-4,7,9-10,12-14,22-23H,1,5-6H2,(H,24,25)(H,26,27)(H,29,30)(H2,19,20,28)/t7-,9+,10+,12+,13+,14+,18-/m0/s1. The van der Waals surface area contributed by atoms with Crippen molar-refractivity contribution in [2.45, 2.75) is 31.0 Å². The Morgan fingerprint density at radius 2 is 1.94 bits per heavy atom. The molecule has 0 aromatic carbocycles. The summed E-state index contributed by atoms with van der Waals surface area (Å²) >= 11 is 0. The molecule has 15 nitrogen and oxygen atoms in total. The molecule has 16 heteroatoms. The van der Waals surface area contributed by atoms with Crippen LogP contribution >= 0.6 is 7.82 Å². The summed E-state index contributed by atoms with van der Waals surface area (Å²) < 4.78 is 28.3. The van der Waals surface area contributed by atoms with Crippen LogP contribution in [0.2, 0.25) is 0 Å². The quantitative estimate of drug-likeness (QED) is 0.206. The summed E-state index contributed by atoms with van der Waals surface area (Å²) in [5.41, 5.74) is 2.58. The van der Waals surface area contributed by atoms with Crippen LogP contribution in [0.1, 0.15) is 12.6 Å². The first-order valence-electron chi connectivity index (χ1n) is 10.1. The number of aromatic nitrogens is 2. The van der Waals surface area contributed by atoms with Crippen molar-refractivity contribution >= 4 is 25.6 Å². The number of fused-ring (bicyclic) bond motifs is 1. The number of nitrogens with two attached hydrogens (primary N) is 1. The Kier molecular flexibility index (Phi) is 6.14. The number of aliphatic hydroxyl groups is 2. The molecule has 186 valence electrons. The van der Waals surface area contributed by atoms with Gasteiger partial charge in [0.05, 0.1) is 18.8 Å². The molecule has 3 aliphatic rings. The van der Waals surface area contributed by atoms with E-state index in [4.69, 9.17) is 19.5 Å². The van der Waals surface area contributed by atoms with E-state index in [-0.39, 0.29) is 17.8 Å². The fraction of sp³-hybridized carbons (Fsp3) is 0.556. The molecule has 1 saturated carbocycles. The van der Waals surface area contributed by atoms with Crippen molar-refractivity contribution in [2.75, 3.05) is 18.9 Å². The van der Waals surface area contributed by atoms with Gasteiger partial charge in [0.25, 0.3) is 0 Å². The third kappa shape index (κ3) is 3.94. The smallest absolute Gasteiger partial charge is 0.472 e. The molecule has 1 aliphatic heterocycles. The number of carboxylic acids is 2. The van der Waals surface area contributed by atoms with Gasteiger partial charge >= 0.3 is 25.5 Å². The van der Waals surface area contributed by atoms with E-state index >= 15 is 0 Å². The second-order valence-corrected chi connectivity index (χ2v) is 9.65. The van der Waals surface area contributed by atoms with Gasteiger partial charge in [0.2, 0.25) is 0 Å². The number of allylic oxidation sites excluding steroid dienone is 1. The van der Waals surface area contributed by atoms with Crippen molar-refractivity contribution < 1.29 is 53.3 Å². The third-order valence-electron chi connectivity index (χ3n) is 6.43. The minimum Gasteiger partial charge on any atom is -0.481 e. The lowest BCUT2D eigenvalue weighted by atomic mass is 9.94. The first-order chi connectivity index (χ1) is 15.9. The lowest BCUT2D eigenvalue weighted by molar-refractivity contribution is -0.146. The Labute approximate surface area is 190 Å². The van der Waals surface area contributed by atoms with E-state index < -0.39 is 80.5 Å². The van der Waals surface area contributed by atoms with E-state index in [0.29, 0.717) is 0 Å². The molecule has 2 heterocycles. The highest BCUT2D eigenvalue weighted by molar-refractivity contribution is 7.47. The number of carbonyl (C=O) groups is 2. The zero-order valence-corrected chi connectivity index (χ0v) is 18.2. The van der Waals surface area contributed by atoms with Crippen LogP contribution in [0.3, 0.4) is 0 Å². The topological polar surface area (TPSA) is 241 Å². The van der Waals surface area contributed by atoms with Gasteiger partial charge in [-0.1, -0.05) is 6.08 Å². The Balaban J connectivity index is 1.35. The monoisotopic (exact) mass is 503 g/mol. The van der Waals surface area contributed by atoms with Crippen LogP contribution in [-0.2, 0) is 27.9 Å². The predicted octanol–water partition coefficient (Wildman–Crippen LogP) is -1.69. The summed E-state index contributed by atoms with van der Waals surface area (Å²) in [7, 11) is -4.79. The average molecular weight is 503 g/mol. The van der Waals surface area contributed by atoms with Crippen molar-refractivity contribution in [2.24, 2.45) is 17.3 Å². The van der Waals surface area contributed by atoms with E-state index in [0.717, 1.165) is 4.57 Å². The summed E-state index contributed by atoms with van der Waals surface area (Å²) in [6, 6.07) is 1.27. The Hall–Kier alpha value is -2.65. The molecule has 4 rings (SSSR count). The number of nitrogen functional groups attached to an aromatic ring is 1. The molecular formula is C18H22N3O12P. The molecule has 0 bridgehead atoms. The van der Waals surface area contributed by atoms with Crippen LogP contribution < -0.4 is 11.4 Å². The summed E-state index contributed by atoms with van der Waals surface area (Å²) in [5, 5.41) is 39.2. The summed E-state index contributed by atoms with van der Waals surface area (Å²) in [6.07, 6.45) is -3.21. The summed E-state index contributed by atoms with van der Waals surface area (Å²) in [6.45, 7) is -1.28. The fourth-order valence-corrected chi connectivity index (χ4v) is 5.50. The van der Waals surface area contributed by atoms with E-state index in [9.17, 15) is 44.3 Å². The van der Waals surface area contributed by atoms with E-state index in [1.54, 1.807) is 0 Å². The third-order valence-corrected chi connectivity index (χ3v) is 7.38. The van der Waals surface area contributed by atoms with Crippen LogP contribution in [0.15, 0.2) is 28.7 Å². The largest absolute Gasteiger partial charge is 0.481 e. The lowest BCUT2D eigenvalue weighted by Gasteiger charge is -2.18. The molecule has 2 aliphatic carbocycles. The number of aliphatic hydroxyl groups excluding tert-OH is 2. The van der Waals surface area contributed by atoms with Crippen molar-refractivity contribution in [1.29, 1.82) is 0 Å². The van der Waals surface area contributed by atoms with Crippen LogP contribution in [-0.4, -0.2) is 78.3 Å². The summed E-state index contributed by atoms with van der Waals surface area (Å²) in [5.74, 6) is -4.23. The normalized spacial score (nSPS) is 35.9. The molecule has 1 aromatic rings. The first-order valence-corrected chi connectivity index (χ1v) is 11.5. The summed E-state index contributed by atoms with van der Waals surface area (Å²) in [4.78, 5) is 48.5. The number of nitrogens with zero attached hydrogens (tertiary/aromatic N) is 2. The Morgan fingerprint density at radius 3 is 2.56 bits per heavy atom. The van der Waals surface area contributed by atoms with Crippen LogP contribution in [0.25, 0.3) is 0 Å². The number of hydrogen-bond acceptors (Lipinski definition) is 11. The number of phosphoric ester groups is 1. The number of phosphoric acid groups is 1. The molecule has 34 heavy (non-hydrogen) atoms. The van der Waals surface area contributed by atoms with E-state index in [2.05, 4.69) is 4.98 Å². The molecule has 2 fully saturated rings. The van der Waals surface area contributed by atoms with Crippen LogP contribution in [0.4, 0.5) is 5.82 Å². The number of rotatable bonds is 9. The molecule has 1 unspecified atom stereocenters. The van der Waals surface area contributed by atoms with Gasteiger partial charge < -0.3 is 35.8 Å². The van der Waals surface area contributed by atoms with Gasteiger partial charge in [-0.15, -0.1) is 0 Å². The molecule has 7 N–H and O–H groups in total. The lowest BCUT2D eigenvalue weighted by Crippen LogP contribution is -2.36. The van der Waals surface area contributed by atoms with E-state index in [1.807, 2.05) is 0 Å². The number of carboxylic acid groups (broad SMARTS) is 2. The maximum absolute atomic E-state index is 12.3. The molecule has 8 atom stereocenters. The Morgan fingerprint density at radius 1 is 1.26 bits per heavy atom. The maximum atomic E-state index is 12.3. The van der Waals surface area contributed by atoms with Gasteiger partial charge in [0, 0.05) is 12.1 Å². The number of ether oxygens (including phenoxy) is 1. The Bertz CT molecular complexity index is 1150. The fourth-order valence-electron chi connectivity index (χ4n) is 4.74.